The van der Waals surface area contributed by atoms with Crippen molar-refractivity contribution in [1.82, 2.24) is 5.32 Å². The van der Waals surface area contributed by atoms with Crippen LogP contribution in [0.4, 0.5) is 8.78 Å². The Morgan fingerprint density at radius 3 is 2.45 bits per heavy atom. The van der Waals surface area contributed by atoms with Crippen LogP contribution in [-0.4, -0.2) is 19.4 Å². The normalized spacial score (nSPS) is 20.9. The third-order valence-corrected chi connectivity index (χ3v) is 6.39. The van der Waals surface area contributed by atoms with E-state index in [9.17, 15) is 8.78 Å². The van der Waals surface area contributed by atoms with Gasteiger partial charge >= 0.3 is 0 Å². The number of hydrogen-bond donors (Lipinski definition) is 2. The van der Waals surface area contributed by atoms with Crippen LogP contribution in [0, 0.1) is 17.6 Å². The summed E-state index contributed by atoms with van der Waals surface area (Å²) in [5.74, 6) is -1.18. The van der Waals surface area contributed by atoms with Crippen LogP contribution in [0.2, 0.25) is 11.3 Å². The molecule has 0 aromatic heterocycles. The first-order chi connectivity index (χ1) is 13.8. The predicted molar refractivity (Wildman–Crippen MR) is 117 cm³/mol. The number of nitrogens with one attached hydrogen (secondary N) is 1. The Labute approximate surface area is 178 Å². The highest BCUT2D eigenvalue weighted by Crippen LogP contribution is 2.38. The van der Waals surface area contributed by atoms with Crippen molar-refractivity contribution >= 4 is 19.4 Å². The van der Waals surface area contributed by atoms with Crippen LogP contribution >= 0.6 is 11.6 Å². The molecule has 0 spiro atoms. The lowest BCUT2D eigenvalue weighted by molar-refractivity contribution is 0.123. The Kier molecular flexibility index (Phi) is 7.36. The molecule has 2 aromatic carbocycles. The summed E-state index contributed by atoms with van der Waals surface area (Å²) in [5, 5.41) is 3.90. The van der Waals surface area contributed by atoms with Gasteiger partial charge in [-0.3, -0.25) is 0 Å². The zero-order chi connectivity index (χ0) is 21.0. The van der Waals surface area contributed by atoms with Crippen LogP contribution in [0.3, 0.4) is 0 Å². The molecule has 0 bridgehead atoms. The maximum atomic E-state index is 14.6. The second kappa shape index (κ2) is 9.59. The van der Waals surface area contributed by atoms with E-state index in [0.29, 0.717) is 34.9 Å². The molecule has 2 radical (unpaired) electrons. The van der Waals surface area contributed by atoms with Crippen LogP contribution in [0.25, 0.3) is 11.1 Å². The van der Waals surface area contributed by atoms with Crippen molar-refractivity contribution in [3.8, 4) is 11.1 Å². The molecule has 0 saturated heterocycles. The number of unbranched alkanes of at least 4 members (excludes halogenated alkanes) is 1. The minimum absolute atomic E-state index is 0.190. The summed E-state index contributed by atoms with van der Waals surface area (Å²) in [7, 11) is 5.55. The van der Waals surface area contributed by atoms with Crippen molar-refractivity contribution in [2.45, 2.75) is 63.5 Å². The smallest absolute Gasteiger partial charge is 0.166 e. The van der Waals surface area contributed by atoms with Gasteiger partial charge in [-0.05, 0) is 49.8 Å². The van der Waals surface area contributed by atoms with E-state index in [1.807, 2.05) is 0 Å². The summed E-state index contributed by atoms with van der Waals surface area (Å²) < 4.78 is 29.1. The highest BCUT2D eigenvalue weighted by atomic mass is 35.5. The molecule has 6 heteroatoms. The Balaban J connectivity index is 1.54. The van der Waals surface area contributed by atoms with Gasteiger partial charge in [0.15, 0.2) is 11.6 Å². The maximum Gasteiger partial charge on any atom is 0.166 e. The van der Waals surface area contributed by atoms with Gasteiger partial charge in [-0.15, -0.1) is 0 Å². The average Bonchev–Trinajstić information content (AvgIpc) is 2.64. The second-order valence-corrected chi connectivity index (χ2v) is 8.84. The fourth-order valence-electron chi connectivity index (χ4n) is 4.01. The first kappa shape index (κ1) is 22.3. The average molecular weight is 417 g/mol. The lowest BCUT2D eigenvalue weighted by atomic mass is 9.67. The molecule has 1 fully saturated rings. The van der Waals surface area contributed by atoms with E-state index in [2.05, 4.69) is 12.2 Å². The van der Waals surface area contributed by atoms with Crippen LogP contribution < -0.4 is 11.1 Å². The first-order valence-corrected chi connectivity index (χ1v) is 10.6. The van der Waals surface area contributed by atoms with E-state index in [-0.39, 0.29) is 17.1 Å². The zero-order valence-electron chi connectivity index (χ0n) is 16.9. The molecule has 1 unspecified atom stereocenters. The largest absolute Gasteiger partial charge is 0.325 e. The lowest BCUT2D eigenvalue weighted by Gasteiger charge is -2.46. The van der Waals surface area contributed by atoms with Gasteiger partial charge in [0.1, 0.15) is 0 Å². The van der Waals surface area contributed by atoms with E-state index in [1.54, 1.807) is 36.4 Å². The van der Waals surface area contributed by atoms with Crippen molar-refractivity contribution in [3.05, 3.63) is 58.6 Å². The number of nitrogens with two attached hydrogens (primary N) is 1. The Hall–Kier alpha value is -1.43. The zero-order valence-corrected chi connectivity index (χ0v) is 17.6. The summed E-state index contributed by atoms with van der Waals surface area (Å²) in [6.07, 6.45) is 5.63. The van der Waals surface area contributed by atoms with E-state index >= 15 is 0 Å². The minimum atomic E-state index is -0.826. The molecule has 0 aliphatic heterocycles. The summed E-state index contributed by atoms with van der Waals surface area (Å²) in [6.45, 7) is 2.41. The van der Waals surface area contributed by atoms with E-state index in [4.69, 9.17) is 25.2 Å². The van der Waals surface area contributed by atoms with Crippen LogP contribution in [0.15, 0.2) is 36.4 Å². The van der Waals surface area contributed by atoms with E-state index in [1.165, 1.54) is 0 Å². The first-order valence-electron chi connectivity index (χ1n) is 10.3. The van der Waals surface area contributed by atoms with Gasteiger partial charge < -0.3 is 11.1 Å². The number of hydrogen-bond acceptors (Lipinski definition) is 2. The Bertz CT molecular complexity index is 820. The van der Waals surface area contributed by atoms with E-state index < -0.39 is 11.6 Å². The van der Waals surface area contributed by atoms with Gasteiger partial charge in [0, 0.05) is 34.3 Å². The highest BCUT2D eigenvalue weighted by molar-refractivity contribution is 6.30. The summed E-state index contributed by atoms with van der Waals surface area (Å²) >= 11 is 5.87. The minimum Gasteiger partial charge on any atom is -0.325 e. The molecule has 2 nitrogen and oxygen atoms in total. The van der Waals surface area contributed by atoms with Gasteiger partial charge in [0.25, 0.3) is 0 Å². The second-order valence-electron chi connectivity index (χ2n) is 8.40. The van der Waals surface area contributed by atoms with Crippen molar-refractivity contribution < 1.29 is 8.78 Å². The highest BCUT2D eigenvalue weighted by Gasteiger charge is 2.39. The fourth-order valence-corrected chi connectivity index (χ4v) is 4.14. The topological polar surface area (TPSA) is 38.0 Å². The molecular formula is C23H28BClF2N2. The third kappa shape index (κ3) is 5.39. The van der Waals surface area contributed by atoms with Crippen molar-refractivity contribution in [1.29, 1.82) is 0 Å². The molecule has 0 amide bonds. The lowest BCUT2D eigenvalue weighted by Crippen LogP contribution is -2.54. The molecule has 3 rings (SSSR count). The van der Waals surface area contributed by atoms with Gasteiger partial charge in [-0.25, -0.2) is 8.78 Å². The Morgan fingerprint density at radius 2 is 1.79 bits per heavy atom. The predicted octanol–water partition coefficient (Wildman–Crippen LogP) is 5.63. The van der Waals surface area contributed by atoms with Gasteiger partial charge in [0.2, 0.25) is 0 Å². The Morgan fingerprint density at radius 1 is 1.10 bits per heavy atom. The summed E-state index contributed by atoms with van der Waals surface area (Å²) in [4.78, 5) is 0. The molecule has 1 atom stereocenters. The molecule has 154 valence electrons. The van der Waals surface area contributed by atoms with Gasteiger partial charge in [-0.2, -0.15) is 0 Å². The number of rotatable bonds is 9. The van der Waals surface area contributed by atoms with Crippen molar-refractivity contribution in [2.24, 2.45) is 11.7 Å². The standard InChI is InChI=1S/C23H28BClF2N2/c1-23(28,10-2-3-11-24)17-12-19(13-17)29-14-16-6-9-20(22(27)21(16)26)15-4-7-18(25)8-5-15/h4-9,17,19,29H,2-3,10-14,28H2,1H3. The number of halogens is 3. The van der Waals surface area contributed by atoms with E-state index in [0.717, 1.165) is 32.1 Å². The third-order valence-electron chi connectivity index (χ3n) is 6.14. The van der Waals surface area contributed by atoms with Crippen LogP contribution in [0.1, 0.15) is 44.6 Å². The molecule has 1 aliphatic carbocycles. The summed E-state index contributed by atoms with van der Waals surface area (Å²) in [5.41, 5.74) is 7.46. The monoisotopic (exact) mass is 416 g/mol. The molecule has 0 heterocycles. The molecule has 3 N–H and O–H groups in total. The van der Waals surface area contributed by atoms with Gasteiger partial charge in [-0.1, -0.05) is 55.0 Å². The van der Waals surface area contributed by atoms with Crippen LogP contribution in [0.5, 0.6) is 0 Å². The summed E-state index contributed by atoms with van der Waals surface area (Å²) in [6, 6.07) is 10.3. The van der Waals surface area contributed by atoms with Crippen LogP contribution in [-0.2, 0) is 6.54 Å². The number of benzene rings is 2. The molecule has 1 aliphatic rings. The maximum absolute atomic E-state index is 14.6. The SMILES string of the molecule is [B]CCCCC(C)(N)C1CC(NCc2ccc(-c3ccc(Cl)cc3)c(F)c2F)C1. The molecule has 29 heavy (non-hydrogen) atoms. The van der Waals surface area contributed by atoms with Crippen molar-refractivity contribution in [2.75, 3.05) is 0 Å². The van der Waals surface area contributed by atoms with Gasteiger partial charge in [0.05, 0.1) is 7.85 Å². The van der Waals surface area contributed by atoms with Crippen molar-refractivity contribution in [3.63, 3.8) is 0 Å². The fraction of sp³-hybridized carbons (Fsp3) is 0.478. The molecular weight excluding hydrogens is 389 g/mol. The molecule has 1 saturated carbocycles. The molecule has 2 aromatic rings. The quantitative estimate of drug-likeness (QED) is 0.411.